The molecule has 19 heavy (non-hydrogen) atoms. The number of benzene rings is 1. The second-order valence-electron chi connectivity index (χ2n) is 4.78. The minimum absolute atomic E-state index is 0.0358. The zero-order valence-corrected chi connectivity index (χ0v) is 12.9. The molecule has 0 bridgehead atoms. The molecule has 0 spiro atoms. The molecule has 2 rings (SSSR count). The first-order chi connectivity index (χ1) is 9.13. The summed E-state index contributed by atoms with van der Waals surface area (Å²) in [6.07, 6.45) is 2.23. The van der Waals surface area contributed by atoms with Gasteiger partial charge in [0, 0.05) is 25.2 Å². The van der Waals surface area contributed by atoms with Crippen LogP contribution in [0.15, 0.2) is 22.7 Å². The lowest BCUT2D eigenvalue weighted by Crippen LogP contribution is -2.33. The van der Waals surface area contributed by atoms with E-state index < -0.39 is 0 Å². The monoisotopic (exact) mass is 326 g/mol. The fourth-order valence-corrected chi connectivity index (χ4v) is 2.47. The highest BCUT2D eigenvalue weighted by atomic mass is 79.9. The van der Waals surface area contributed by atoms with Crippen LogP contribution in [0.3, 0.4) is 0 Å². The van der Waals surface area contributed by atoms with Crippen LogP contribution in [0.25, 0.3) is 0 Å². The lowest BCUT2D eigenvalue weighted by atomic mass is 10.2. The van der Waals surface area contributed by atoms with Gasteiger partial charge in [0.05, 0.1) is 4.47 Å². The number of para-hydroxylation sites is 1. The number of nitrogens with one attached hydrogen (secondary N) is 1. The molecule has 0 radical (unpaired) electrons. The SMILES string of the molecule is CNCc1cccc(Br)c1OCC(=O)N(C)C1CC1. The number of hydrogen-bond donors (Lipinski definition) is 1. The van der Waals surface area contributed by atoms with E-state index in [4.69, 9.17) is 4.74 Å². The lowest BCUT2D eigenvalue weighted by molar-refractivity contribution is -0.132. The molecule has 1 aliphatic carbocycles. The third-order valence-corrected chi connectivity index (χ3v) is 3.87. The van der Waals surface area contributed by atoms with Crippen LogP contribution in [0.2, 0.25) is 0 Å². The summed E-state index contributed by atoms with van der Waals surface area (Å²) in [6, 6.07) is 6.30. The van der Waals surface area contributed by atoms with Gasteiger partial charge in [-0.3, -0.25) is 4.79 Å². The Balaban J connectivity index is 1.99. The van der Waals surface area contributed by atoms with Crippen LogP contribution in [-0.2, 0) is 11.3 Å². The first kappa shape index (κ1) is 14.3. The molecule has 1 fully saturated rings. The van der Waals surface area contributed by atoms with Crippen molar-refractivity contribution in [2.24, 2.45) is 0 Å². The zero-order chi connectivity index (χ0) is 13.8. The van der Waals surface area contributed by atoms with Gasteiger partial charge in [-0.2, -0.15) is 0 Å². The molecule has 5 heteroatoms. The number of hydrogen-bond acceptors (Lipinski definition) is 3. The number of nitrogens with zero attached hydrogens (tertiary/aromatic N) is 1. The van der Waals surface area contributed by atoms with Gasteiger partial charge in [0.25, 0.3) is 5.91 Å². The van der Waals surface area contributed by atoms with Crippen molar-refractivity contribution in [3.63, 3.8) is 0 Å². The molecule has 0 aliphatic heterocycles. The molecule has 1 aromatic carbocycles. The van der Waals surface area contributed by atoms with Crippen LogP contribution in [0.5, 0.6) is 5.75 Å². The van der Waals surface area contributed by atoms with Crippen molar-refractivity contribution in [1.29, 1.82) is 0 Å². The minimum atomic E-state index is 0.0358. The second-order valence-corrected chi connectivity index (χ2v) is 5.64. The molecule has 104 valence electrons. The summed E-state index contributed by atoms with van der Waals surface area (Å²) in [4.78, 5) is 13.7. The molecule has 1 aromatic rings. The largest absolute Gasteiger partial charge is 0.482 e. The number of carbonyl (C=O) groups is 1. The maximum Gasteiger partial charge on any atom is 0.260 e. The summed E-state index contributed by atoms with van der Waals surface area (Å²) in [5.74, 6) is 0.781. The van der Waals surface area contributed by atoms with E-state index >= 15 is 0 Å². The molecule has 1 amide bonds. The Morgan fingerprint density at radius 1 is 1.53 bits per heavy atom. The van der Waals surface area contributed by atoms with Gasteiger partial charge in [-0.25, -0.2) is 0 Å². The van der Waals surface area contributed by atoms with Crippen LogP contribution < -0.4 is 10.1 Å². The Kier molecular flexibility index (Phi) is 4.82. The molecule has 0 heterocycles. The van der Waals surface area contributed by atoms with Crippen LogP contribution in [0.1, 0.15) is 18.4 Å². The Bertz CT molecular complexity index is 461. The van der Waals surface area contributed by atoms with Gasteiger partial charge in [-0.05, 0) is 41.9 Å². The first-order valence-corrected chi connectivity index (χ1v) is 7.23. The standard InChI is InChI=1S/C14H19BrN2O2/c1-16-8-10-4-3-5-12(15)14(10)19-9-13(18)17(2)11-6-7-11/h3-5,11,16H,6-9H2,1-2H3. The Hall–Kier alpha value is -1.07. The van der Waals surface area contributed by atoms with Crippen LogP contribution >= 0.6 is 15.9 Å². The molecule has 0 unspecified atom stereocenters. The number of carbonyl (C=O) groups excluding carboxylic acids is 1. The fourth-order valence-electron chi connectivity index (χ4n) is 1.95. The van der Waals surface area contributed by atoms with Crippen molar-refractivity contribution in [3.8, 4) is 5.75 Å². The Morgan fingerprint density at radius 2 is 2.26 bits per heavy atom. The van der Waals surface area contributed by atoms with Gasteiger partial charge in [-0.1, -0.05) is 12.1 Å². The molecular formula is C14H19BrN2O2. The van der Waals surface area contributed by atoms with Crippen LogP contribution in [-0.4, -0.2) is 37.6 Å². The van der Waals surface area contributed by atoms with Gasteiger partial charge in [0.1, 0.15) is 5.75 Å². The summed E-state index contributed by atoms with van der Waals surface area (Å²) in [7, 11) is 3.73. The average Bonchev–Trinajstić information content (AvgIpc) is 3.21. The predicted octanol–water partition coefficient (Wildman–Crippen LogP) is 2.17. The smallest absolute Gasteiger partial charge is 0.260 e. The highest BCUT2D eigenvalue weighted by Crippen LogP contribution is 2.30. The number of ether oxygens (including phenoxy) is 1. The number of rotatable bonds is 6. The van der Waals surface area contributed by atoms with E-state index in [0.717, 1.165) is 28.6 Å². The second kappa shape index (κ2) is 6.39. The molecule has 4 nitrogen and oxygen atoms in total. The van der Waals surface area contributed by atoms with Gasteiger partial charge in [0.2, 0.25) is 0 Å². The van der Waals surface area contributed by atoms with E-state index in [2.05, 4.69) is 21.2 Å². The fraction of sp³-hybridized carbons (Fsp3) is 0.500. The van der Waals surface area contributed by atoms with Crippen LogP contribution in [0.4, 0.5) is 0 Å². The highest BCUT2D eigenvalue weighted by molar-refractivity contribution is 9.10. The van der Waals surface area contributed by atoms with Crippen molar-refractivity contribution < 1.29 is 9.53 Å². The zero-order valence-electron chi connectivity index (χ0n) is 11.3. The summed E-state index contributed by atoms with van der Waals surface area (Å²) in [5.41, 5.74) is 1.04. The van der Waals surface area contributed by atoms with Gasteiger partial charge < -0.3 is 15.0 Å². The quantitative estimate of drug-likeness (QED) is 0.871. The van der Waals surface area contributed by atoms with E-state index in [1.54, 1.807) is 4.90 Å². The summed E-state index contributed by atoms with van der Waals surface area (Å²) in [5, 5.41) is 3.09. The van der Waals surface area contributed by atoms with E-state index in [-0.39, 0.29) is 12.5 Å². The van der Waals surface area contributed by atoms with Crippen molar-refractivity contribution in [2.45, 2.75) is 25.4 Å². The van der Waals surface area contributed by atoms with Gasteiger partial charge >= 0.3 is 0 Å². The van der Waals surface area contributed by atoms with Gasteiger partial charge in [-0.15, -0.1) is 0 Å². The van der Waals surface area contributed by atoms with Crippen molar-refractivity contribution in [3.05, 3.63) is 28.2 Å². The predicted molar refractivity (Wildman–Crippen MR) is 78.2 cm³/mol. The van der Waals surface area contributed by atoms with Crippen LogP contribution in [0, 0.1) is 0 Å². The normalized spacial score (nSPS) is 14.3. The highest BCUT2D eigenvalue weighted by Gasteiger charge is 2.29. The lowest BCUT2D eigenvalue weighted by Gasteiger charge is -2.18. The van der Waals surface area contributed by atoms with E-state index in [0.29, 0.717) is 12.6 Å². The average molecular weight is 327 g/mol. The Labute approximate surface area is 122 Å². The molecule has 0 saturated heterocycles. The molecule has 1 aliphatic rings. The van der Waals surface area contributed by atoms with Crippen molar-refractivity contribution >= 4 is 21.8 Å². The van der Waals surface area contributed by atoms with E-state index in [9.17, 15) is 4.79 Å². The topological polar surface area (TPSA) is 41.6 Å². The van der Waals surface area contributed by atoms with E-state index in [1.165, 1.54) is 0 Å². The molecule has 0 aromatic heterocycles. The third kappa shape index (κ3) is 3.70. The van der Waals surface area contributed by atoms with Crippen molar-refractivity contribution in [1.82, 2.24) is 10.2 Å². The Morgan fingerprint density at radius 3 is 2.89 bits per heavy atom. The summed E-state index contributed by atoms with van der Waals surface area (Å²) >= 11 is 3.47. The number of halogens is 1. The number of likely N-dealkylation sites (N-methyl/N-ethyl adjacent to an activating group) is 1. The third-order valence-electron chi connectivity index (χ3n) is 3.24. The maximum absolute atomic E-state index is 11.9. The maximum atomic E-state index is 11.9. The first-order valence-electron chi connectivity index (χ1n) is 6.44. The summed E-state index contributed by atoms with van der Waals surface area (Å²) < 4.78 is 6.58. The van der Waals surface area contributed by atoms with Crippen molar-refractivity contribution in [2.75, 3.05) is 20.7 Å². The summed E-state index contributed by atoms with van der Waals surface area (Å²) in [6.45, 7) is 0.799. The van der Waals surface area contributed by atoms with E-state index in [1.807, 2.05) is 32.3 Å². The number of amides is 1. The molecular weight excluding hydrogens is 308 g/mol. The van der Waals surface area contributed by atoms with Gasteiger partial charge in [0.15, 0.2) is 6.61 Å². The minimum Gasteiger partial charge on any atom is -0.482 e. The molecule has 0 atom stereocenters. The molecule has 1 N–H and O–H groups in total. The molecule has 1 saturated carbocycles.